The molecule has 12 heavy (non-hydrogen) atoms. The van der Waals surface area contributed by atoms with Gasteiger partial charge in [0.15, 0.2) is 0 Å². The molecule has 0 bridgehead atoms. The standard InChI is InChI=1S/C10H20ClN/c1-9(2)5-6-12-8-10(3,4)7-11/h5,12H,6-8H2,1-4H3. The molecule has 0 aromatic rings. The van der Waals surface area contributed by atoms with Crippen LogP contribution in [0.3, 0.4) is 0 Å². The molecule has 0 aliphatic rings. The topological polar surface area (TPSA) is 12.0 Å². The van der Waals surface area contributed by atoms with Gasteiger partial charge in [-0.05, 0) is 19.3 Å². The van der Waals surface area contributed by atoms with E-state index in [1.54, 1.807) is 0 Å². The second-order valence-electron chi connectivity index (χ2n) is 4.21. The SMILES string of the molecule is CC(C)=CCNCC(C)(C)CCl. The molecule has 0 aliphatic carbocycles. The van der Waals surface area contributed by atoms with Crippen LogP contribution in [0.2, 0.25) is 0 Å². The second-order valence-corrected chi connectivity index (χ2v) is 4.48. The highest BCUT2D eigenvalue weighted by atomic mass is 35.5. The summed E-state index contributed by atoms with van der Waals surface area (Å²) in [6.45, 7) is 10.5. The summed E-state index contributed by atoms with van der Waals surface area (Å²) in [5, 5.41) is 3.35. The fraction of sp³-hybridized carbons (Fsp3) is 0.800. The molecule has 0 spiro atoms. The molecular weight excluding hydrogens is 170 g/mol. The van der Waals surface area contributed by atoms with Crippen molar-refractivity contribution in [1.82, 2.24) is 5.32 Å². The molecule has 0 saturated carbocycles. The van der Waals surface area contributed by atoms with Gasteiger partial charge in [-0.15, -0.1) is 11.6 Å². The predicted molar refractivity (Wildman–Crippen MR) is 56.8 cm³/mol. The predicted octanol–water partition coefficient (Wildman–Crippen LogP) is 2.81. The quantitative estimate of drug-likeness (QED) is 0.399. The molecule has 2 heteroatoms. The Morgan fingerprint density at radius 3 is 2.42 bits per heavy atom. The van der Waals surface area contributed by atoms with Crippen molar-refractivity contribution in [1.29, 1.82) is 0 Å². The molecule has 0 unspecified atom stereocenters. The molecule has 0 aromatic heterocycles. The molecule has 0 heterocycles. The Morgan fingerprint density at radius 2 is 2.00 bits per heavy atom. The summed E-state index contributed by atoms with van der Waals surface area (Å²) in [4.78, 5) is 0. The van der Waals surface area contributed by atoms with Crippen LogP contribution in [0.5, 0.6) is 0 Å². The van der Waals surface area contributed by atoms with Gasteiger partial charge >= 0.3 is 0 Å². The first-order valence-corrected chi connectivity index (χ1v) is 4.91. The van der Waals surface area contributed by atoms with Crippen molar-refractivity contribution in [2.45, 2.75) is 27.7 Å². The Hall–Kier alpha value is -0.0100. The molecule has 0 aliphatic heterocycles. The fourth-order valence-corrected chi connectivity index (χ4v) is 0.829. The van der Waals surface area contributed by atoms with Crippen molar-refractivity contribution >= 4 is 11.6 Å². The van der Waals surface area contributed by atoms with E-state index in [2.05, 4.69) is 39.1 Å². The van der Waals surface area contributed by atoms with Crippen LogP contribution in [0, 0.1) is 5.41 Å². The van der Waals surface area contributed by atoms with Crippen LogP contribution in [-0.2, 0) is 0 Å². The van der Waals surface area contributed by atoms with E-state index in [-0.39, 0.29) is 5.41 Å². The Bertz CT molecular complexity index is 146. The summed E-state index contributed by atoms with van der Waals surface area (Å²) in [6.07, 6.45) is 2.18. The van der Waals surface area contributed by atoms with E-state index in [0.717, 1.165) is 13.1 Å². The Balaban J connectivity index is 3.50. The van der Waals surface area contributed by atoms with Crippen LogP contribution >= 0.6 is 11.6 Å². The van der Waals surface area contributed by atoms with Crippen LogP contribution in [0.1, 0.15) is 27.7 Å². The summed E-state index contributed by atoms with van der Waals surface area (Å²) < 4.78 is 0. The molecule has 0 aromatic carbocycles. The molecule has 1 nitrogen and oxygen atoms in total. The van der Waals surface area contributed by atoms with Gasteiger partial charge in [0.25, 0.3) is 0 Å². The summed E-state index contributed by atoms with van der Waals surface area (Å²) in [7, 11) is 0. The monoisotopic (exact) mass is 189 g/mol. The lowest BCUT2D eigenvalue weighted by molar-refractivity contribution is 0.394. The lowest BCUT2D eigenvalue weighted by Gasteiger charge is -2.21. The number of allylic oxidation sites excluding steroid dienone is 1. The maximum absolute atomic E-state index is 5.78. The Kier molecular flexibility index (Phi) is 5.60. The first-order valence-electron chi connectivity index (χ1n) is 4.38. The van der Waals surface area contributed by atoms with Gasteiger partial charge in [0.05, 0.1) is 0 Å². The first-order chi connectivity index (χ1) is 5.48. The number of rotatable bonds is 5. The summed E-state index contributed by atoms with van der Waals surface area (Å²) in [5.74, 6) is 0.703. The summed E-state index contributed by atoms with van der Waals surface area (Å²) in [6, 6.07) is 0. The van der Waals surface area contributed by atoms with Gasteiger partial charge < -0.3 is 5.32 Å². The van der Waals surface area contributed by atoms with Gasteiger partial charge in [-0.1, -0.05) is 25.5 Å². The van der Waals surface area contributed by atoms with Crippen molar-refractivity contribution in [2.24, 2.45) is 5.41 Å². The third-order valence-electron chi connectivity index (χ3n) is 1.62. The van der Waals surface area contributed by atoms with Crippen LogP contribution in [0.4, 0.5) is 0 Å². The van der Waals surface area contributed by atoms with Crippen LogP contribution < -0.4 is 5.32 Å². The van der Waals surface area contributed by atoms with Crippen molar-refractivity contribution in [2.75, 3.05) is 19.0 Å². The lowest BCUT2D eigenvalue weighted by atomic mass is 9.97. The van der Waals surface area contributed by atoms with Gasteiger partial charge in [-0.3, -0.25) is 0 Å². The highest BCUT2D eigenvalue weighted by Gasteiger charge is 2.14. The van der Waals surface area contributed by atoms with Gasteiger partial charge in [0.1, 0.15) is 0 Å². The van der Waals surface area contributed by atoms with Crippen LogP contribution in [-0.4, -0.2) is 19.0 Å². The first kappa shape index (κ1) is 12.0. The van der Waals surface area contributed by atoms with Crippen LogP contribution in [0.15, 0.2) is 11.6 Å². The van der Waals surface area contributed by atoms with E-state index in [9.17, 15) is 0 Å². The Labute approximate surface area is 81.2 Å². The van der Waals surface area contributed by atoms with Crippen molar-refractivity contribution in [3.8, 4) is 0 Å². The van der Waals surface area contributed by atoms with E-state index in [1.165, 1.54) is 5.57 Å². The van der Waals surface area contributed by atoms with E-state index < -0.39 is 0 Å². The summed E-state index contributed by atoms with van der Waals surface area (Å²) in [5.41, 5.74) is 1.56. The molecule has 1 N–H and O–H groups in total. The van der Waals surface area contributed by atoms with E-state index >= 15 is 0 Å². The maximum atomic E-state index is 5.78. The third-order valence-corrected chi connectivity index (χ3v) is 2.34. The maximum Gasteiger partial charge on any atom is 0.0286 e. The van der Waals surface area contributed by atoms with Gasteiger partial charge in [0, 0.05) is 19.0 Å². The highest BCUT2D eigenvalue weighted by Crippen LogP contribution is 2.14. The number of hydrogen-bond donors (Lipinski definition) is 1. The lowest BCUT2D eigenvalue weighted by Crippen LogP contribution is -2.30. The minimum absolute atomic E-state index is 0.205. The van der Waals surface area contributed by atoms with Gasteiger partial charge in [0.2, 0.25) is 0 Å². The molecule has 0 atom stereocenters. The summed E-state index contributed by atoms with van der Waals surface area (Å²) >= 11 is 5.78. The zero-order valence-electron chi connectivity index (χ0n) is 8.58. The number of hydrogen-bond acceptors (Lipinski definition) is 1. The zero-order valence-corrected chi connectivity index (χ0v) is 9.33. The minimum atomic E-state index is 0.205. The van der Waals surface area contributed by atoms with Crippen LogP contribution in [0.25, 0.3) is 0 Å². The molecule has 0 saturated heterocycles. The van der Waals surface area contributed by atoms with Gasteiger partial charge in [-0.25, -0.2) is 0 Å². The largest absolute Gasteiger partial charge is 0.313 e. The van der Waals surface area contributed by atoms with Gasteiger partial charge in [-0.2, -0.15) is 0 Å². The van der Waals surface area contributed by atoms with E-state index in [0.29, 0.717) is 5.88 Å². The smallest absolute Gasteiger partial charge is 0.0286 e. The zero-order chi connectivity index (χ0) is 9.61. The minimum Gasteiger partial charge on any atom is -0.313 e. The van der Waals surface area contributed by atoms with Crippen molar-refractivity contribution in [3.05, 3.63) is 11.6 Å². The molecule has 0 rings (SSSR count). The van der Waals surface area contributed by atoms with E-state index in [1.807, 2.05) is 0 Å². The molecule has 72 valence electrons. The molecule has 0 radical (unpaired) electrons. The Morgan fingerprint density at radius 1 is 1.42 bits per heavy atom. The third kappa shape index (κ3) is 6.68. The average molecular weight is 190 g/mol. The fourth-order valence-electron chi connectivity index (χ4n) is 0.734. The molecule has 0 amide bonds. The average Bonchev–Trinajstić information content (AvgIpc) is 1.98. The molecular formula is C10H20ClN. The number of halogens is 1. The van der Waals surface area contributed by atoms with Crippen molar-refractivity contribution < 1.29 is 0 Å². The van der Waals surface area contributed by atoms with Crippen molar-refractivity contribution in [3.63, 3.8) is 0 Å². The number of alkyl halides is 1. The normalized spacial score (nSPS) is 11.4. The highest BCUT2D eigenvalue weighted by molar-refractivity contribution is 6.18. The second kappa shape index (κ2) is 5.60. The molecule has 0 fully saturated rings. The number of nitrogens with one attached hydrogen (secondary N) is 1. The van der Waals surface area contributed by atoms with E-state index in [4.69, 9.17) is 11.6 Å².